The molecule has 0 bridgehead atoms. The van der Waals surface area contributed by atoms with Gasteiger partial charge in [-0.15, -0.1) is 0 Å². The van der Waals surface area contributed by atoms with Crippen molar-refractivity contribution in [2.45, 2.75) is 32.2 Å². The van der Waals surface area contributed by atoms with Crippen molar-refractivity contribution in [2.24, 2.45) is 5.92 Å². The summed E-state index contributed by atoms with van der Waals surface area (Å²) in [5, 5.41) is 11.8. The third-order valence-corrected chi connectivity index (χ3v) is 3.43. The number of nitrogens with one attached hydrogen (secondary N) is 1. The monoisotopic (exact) mass is 263 g/mol. The fraction of sp³-hybridized carbons (Fsp3) is 0.533. The number of fused-ring (bicyclic) bond motifs is 1. The normalized spacial score (nSPS) is 19.2. The van der Waals surface area contributed by atoms with Gasteiger partial charge in [-0.3, -0.25) is 4.79 Å². The number of aliphatic hydroxyl groups is 1. The zero-order valence-corrected chi connectivity index (χ0v) is 11.3. The van der Waals surface area contributed by atoms with Crippen LogP contribution in [-0.2, 0) is 11.2 Å². The summed E-state index contributed by atoms with van der Waals surface area (Å²) in [6.45, 7) is 2.57. The molecule has 1 amide bonds. The minimum atomic E-state index is -0.119. The zero-order valence-electron chi connectivity index (χ0n) is 11.3. The smallest absolute Gasteiger partial charge is 0.227 e. The van der Waals surface area contributed by atoms with Gasteiger partial charge in [0.1, 0.15) is 12.4 Å². The van der Waals surface area contributed by atoms with Gasteiger partial charge in [0.15, 0.2) is 0 Å². The molecule has 0 aromatic heterocycles. The quantitative estimate of drug-likeness (QED) is 0.846. The molecule has 2 N–H and O–H groups in total. The van der Waals surface area contributed by atoms with E-state index in [9.17, 15) is 4.79 Å². The molecule has 1 heterocycles. The summed E-state index contributed by atoms with van der Waals surface area (Å²) in [5.74, 6) is 0.811. The lowest BCUT2D eigenvalue weighted by Gasteiger charge is -2.25. The van der Waals surface area contributed by atoms with Gasteiger partial charge in [-0.2, -0.15) is 0 Å². The largest absolute Gasteiger partial charge is 0.492 e. The van der Waals surface area contributed by atoms with Crippen molar-refractivity contribution in [3.8, 4) is 5.75 Å². The molecule has 1 aromatic carbocycles. The topological polar surface area (TPSA) is 58.6 Å². The van der Waals surface area contributed by atoms with Gasteiger partial charge in [-0.25, -0.2) is 0 Å². The third-order valence-electron chi connectivity index (χ3n) is 3.43. The lowest BCUT2D eigenvalue weighted by atomic mass is 9.95. The minimum Gasteiger partial charge on any atom is -0.492 e. The molecular formula is C15H21NO3. The van der Waals surface area contributed by atoms with Crippen LogP contribution in [-0.4, -0.2) is 30.3 Å². The maximum atomic E-state index is 12.1. The molecule has 2 rings (SSSR count). The average Bonchev–Trinajstić information content (AvgIpc) is 2.44. The lowest BCUT2D eigenvalue weighted by Crippen LogP contribution is -2.41. The molecule has 0 fully saturated rings. The second-order valence-electron chi connectivity index (χ2n) is 5.10. The summed E-state index contributed by atoms with van der Waals surface area (Å²) >= 11 is 0. The van der Waals surface area contributed by atoms with Crippen molar-refractivity contribution < 1.29 is 14.6 Å². The summed E-state index contributed by atoms with van der Waals surface area (Å²) in [4.78, 5) is 12.1. The fourth-order valence-electron chi connectivity index (χ4n) is 2.33. The van der Waals surface area contributed by atoms with Gasteiger partial charge in [0.2, 0.25) is 5.91 Å². The van der Waals surface area contributed by atoms with E-state index in [4.69, 9.17) is 9.84 Å². The van der Waals surface area contributed by atoms with Crippen LogP contribution in [0, 0.1) is 5.92 Å². The predicted molar refractivity (Wildman–Crippen MR) is 73.1 cm³/mol. The summed E-state index contributed by atoms with van der Waals surface area (Å²) in [6, 6.07) is 7.94. The number of hydrogen-bond acceptors (Lipinski definition) is 3. The number of aliphatic hydroxyl groups excluding tert-OH is 1. The molecule has 0 spiro atoms. The molecule has 19 heavy (non-hydrogen) atoms. The van der Waals surface area contributed by atoms with Crippen LogP contribution in [0.4, 0.5) is 0 Å². The van der Waals surface area contributed by atoms with Crippen LogP contribution in [0.1, 0.15) is 25.3 Å². The summed E-state index contributed by atoms with van der Waals surface area (Å²) < 4.78 is 5.62. The number of hydrogen-bond donors (Lipinski definition) is 2. The van der Waals surface area contributed by atoms with E-state index < -0.39 is 0 Å². The van der Waals surface area contributed by atoms with E-state index in [0.29, 0.717) is 13.0 Å². The maximum absolute atomic E-state index is 12.1. The van der Waals surface area contributed by atoms with Crippen LogP contribution < -0.4 is 10.1 Å². The number of benzene rings is 1. The number of amides is 1. The van der Waals surface area contributed by atoms with Crippen molar-refractivity contribution in [3.63, 3.8) is 0 Å². The minimum absolute atomic E-state index is 0.0416. The Hall–Kier alpha value is -1.55. The summed E-state index contributed by atoms with van der Waals surface area (Å²) in [5.41, 5.74) is 1.09. The van der Waals surface area contributed by atoms with Crippen molar-refractivity contribution in [2.75, 3.05) is 13.2 Å². The average molecular weight is 263 g/mol. The molecule has 1 aromatic rings. The zero-order chi connectivity index (χ0) is 13.7. The Kier molecular flexibility index (Phi) is 4.80. The van der Waals surface area contributed by atoms with Gasteiger partial charge >= 0.3 is 0 Å². The van der Waals surface area contributed by atoms with E-state index in [1.54, 1.807) is 0 Å². The van der Waals surface area contributed by atoms with Gasteiger partial charge in [0, 0.05) is 12.6 Å². The van der Waals surface area contributed by atoms with E-state index >= 15 is 0 Å². The standard InChI is InChI=1S/C15H21NO3/c1-11(5-4-8-17)16-15(18)13-9-12-6-2-3-7-14(12)19-10-13/h2-3,6-7,11,13,17H,4-5,8-10H2,1H3,(H,16,18). The van der Waals surface area contributed by atoms with Crippen LogP contribution >= 0.6 is 0 Å². The lowest BCUT2D eigenvalue weighted by molar-refractivity contribution is -0.126. The summed E-state index contributed by atoms with van der Waals surface area (Å²) in [6.07, 6.45) is 2.24. The van der Waals surface area contributed by atoms with Gasteiger partial charge in [0.25, 0.3) is 0 Å². The Bertz CT molecular complexity index is 433. The highest BCUT2D eigenvalue weighted by Crippen LogP contribution is 2.26. The Morgan fingerprint density at radius 3 is 3.11 bits per heavy atom. The molecule has 0 aliphatic carbocycles. The number of ether oxygens (including phenoxy) is 1. The molecule has 0 saturated heterocycles. The van der Waals surface area contributed by atoms with Crippen LogP contribution in [0.3, 0.4) is 0 Å². The molecular weight excluding hydrogens is 242 g/mol. The highest BCUT2D eigenvalue weighted by molar-refractivity contribution is 5.79. The van der Waals surface area contributed by atoms with Crippen LogP contribution in [0.5, 0.6) is 5.75 Å². The number of rotatable bonds is 5. The van der Waals surface area contributed by atoms with E-state index in [1.165, 1.54) is 0 Å². The van der Waals surface area contributed by atoms with E-state index in [2.05, 4.69) is 5.32 Å². The highest BCUT2D eigenvalue weighted by atomic mass is 16.5. The Morgan fingerprint density at radius 1 is 1.53 bits per heavy atom. The molecule has 1 aliphatic rings. The second kappa shape index (κ2) is 6.57. The first-order valence-electron chi connectivity index (χ1n) is 6.82. The Morgan fingerprint density at radius 2 is 2.32 bits per heavy atom. The first kappa shape index (κ1) is 13.9. The first-order chi connectivity index (χ1) is 9.20. The van der Waals surface area contributed by atoms with E-state index in [-0.39, 0.29) is 24.5 Å². The van der Waals surface area contributed by atoms with Gasteiger partial charge in [0.05, 0.1) is 5.92 Å². The van der Waals surface area contributed by atoms with Crippen molar-refractivity contribution in [1.82, 2.24) is 5.32 Å². The van der Waals surface area contributed by atoms with E-state index in [1.807, 2.05) is 31.2 Å². The van der Waals surface area contributed by atoms with Crippen molar-refractivity contribution >= 4 is 5.91 Å². The van der Waals surface area contributed by atoms with Crippen molar-refractivity contribution in [3.05, 3.63) is 29.8 Å². The molecule has 104 valence electrons. The molecule has 4 nitrogen and oxygen atoms in total. The molecule has 1 aliphatic heterocycles. The van der Waals surface area contributed by atoms with Gasteiger partial charge in [-0.1, -0.05) is 18.2 Å². The number of carbonyl (C=O) groups excluding carboxylic acids is 1. The predicted octanol–water partition coefficient (Wildman–Crippen LogP) is 1.51. The highest BCUT2D eigenvalue weighted by Gasteiger charge is 2.26. The number of para-hydroxylation sites is 1. The molecule has 0 saturated carbocycles. The van der Waals surface area contributed by atoms with Crippen LogP contribution in [0.25, 0.3) is 0 Å². The Balaban J connectivity index is 1.88. The second-order valence-corrected chi connectivity index (χ2v) is 5.10. The number of carbonyl (C=O) groups is 1. The molecule has 2 unspecified atom stereocenters. The molecule has 4 heteroatoms. The Labute approximate surface area is 113 Å². The third kappa shape index (κ3) is 3.70. The molecule has 2 atom stereocenters. The fourth-order valence-corrected chi connectivity index (χ4v) is 2.33. The van der Waals surface area contributed by atoms with Crippen LogP contribution in [0.2, 0.25) is 0 Å². The van der Waals surface area contributed by atoms with Crippen LogP contribution in [0.15, 0.2) is 24.3 Å². The summed E-state index contributed by atoms with van der Waals surface area (Å²) in [7, 11) is 0. The van der Waals surface area contributed by atoms with E-state index in [0.717, 1.165) is 24.2 Å². The SMILES string of the molecule is CC(CCCO)NC(=O)C1COc2ccccc2C1. The van der Waals surface area contributed by atoms with Crippen molar-refractivity contribution in [1.29, 1.82) is 0 Å². The van der Waals surface area contributed by atoms with Gasteiger partial charge in [-0.05, 0) is 37.8 Å². The maximum Gasteiger partial charge on any atom is 0.227 e. The van der Waals surface area contributed by atoms with Gasteiger partial charge < -0.3 is 15.2 Å². The molecule has 0 radical (unpaired) electrons. The first-order valence-corrected chi connectivity index (χ1v) is 6.82.